The predicted molar refractivity (Wildman–Crippen MR) is 215 cm³/mol. The molecule has 0 unspecified atom stereocenters. The number of rotatable bonds is 4. The van der Waals surface area contributed by atoms with Crippen molar-refractivity contribution in [1.82, 2.24) is 19.5 Å². The van der Waals surface area contributed by atoms with Gasteiger partial charge in [0.1, 0.15) is 11.2 Å². The Morgan fingerprint density at radius 1 is 0.472 bits per heavy atom. The molecule has 11 rings (SSSR count). The number of fused-ring (bicyclic) bond motifs is 10. The molecule has 0 aliphatic heterocycles. The summed E-state index contributed by atoms with van der Waals surface area (Å²) >= 11 is 0. The summed E-state index contributed by atoms with van der Waals surface area (Å²) in [6.07, 6.45) is 0. The molecule has 53 heavy (non-hydrogen) atoms. The van der Waals surface area contributed by atoms with E-state index in [1.807, 2.05) is 60.7 Å². The predicted octanol–water partition coefficient (Wildman–Crippen LogP) is 12.2. The van der Waals surface area contributed by atoms with Gasteiger partial charge in [-0.05, 0) is 59.2 Å². The van der Waals surface area contributed by atoms with Crippen molar-refractivity contribution in [3.05, 3.63) is 169 Å². The average molecular weight is 681 g/mol. The molecule has 1 aliphatic carbocycles. The van der Waals surface area contributed by atoms with Gasteiger partial charge in [0.25, 0.3) is 0 Å². The van der Waals surface area contributed by atoms with Gasteiger partial charge in [0.15, 0.2) is 17.5 Å². The van der Waals surface area contributed by atoms with Crippen molar-refractivity contribution >= 4 is 43.7 Å². The second-order valence-corrected chi connectivity index (χ2v) is 14.4. The van der Waals surface area contributed by atoms with E-state index < -0.39 is 0 Å². The van der Waals surface area contributed by atoms with Crippen LogP contribution in [0.5, 0.6) is 0 Å². The molecule has 1 aliphatic rings. The Bertz CT molecular complexity index is 3100. The third-order valence-electron chi connectivity index (χ3n) is 11.0. The van der Waals surface area contributed by atoms with Crippen molar-refractivity contribution in [1.29, 1.82) is 0 Å². The lowest BCUT2D eigenvalue weighted by Gasteiger charge is -2.21. The monoisotopic (exact) mass is 680 g/mol. The van der Waals surface area contributed by atoms with Crippen LogP contribution in [0, 0.1) is 0 Å². The molecule has 0 N–H and O–H groups in total. The van der Waals surface area contributed by atoms with Crippen LogP contribution in [-0.2, 0) is 5.41 Å². The molecule has 5 nitrogen and oxygen atoms in total. The minimum absolute atomic E-state index is 0.107. The summed E-state index contributed by atoms with van der Waals surface area (Å²) < 4.78 is 8.58. The van der Waals surface area contributed by atoms with Gasteiger partial charge in [0.05, 0.1) is 11.0 Å². The first-order valence-electron chi connectivity index (χ1n) is 18.0. The number of hydrogen-bond acceptors (Lipinski definition) is 4. The SMILES string of the molecule is CC1(C)c2ccccc2-c2c1ccc1c3ccccc3n(-c3cccc(-c4nc(-c5ccccc5)nc(-c5ccc6oc7ccccc7c6c5)n4)c3)c21. The smallest absolute Gasteiger partial charge is 0.164 e. The second kappa shape index (κ2) is 11.1. The van der Waals surface area contributed by atoms with Crippen molar-refractivity contribution < 1.29 is 4.42 Å². The van der Waals surface area contributed by atoms with E-state index in [-0.39, 0.29) is 5.41 Å². The number of benzene rings is 7. The van der Waals surface area contributed by atoms with Crippen LogP contribution in [-0.4, -0.2) is 19.5 Å². The lowest BCUT2D eigenvalue weighted by Crippen LogP contribution is -2.14. The first-order chi connectivity index (χ1) is 26.0. The number of aromatic nitrogens is 4. The van der Waals surface area contributed by atoms with Crippen LogP contribution < -0.4 is 0 Å². The molecular weight excluding hydrogens is 649 g/mol. The lowest BCUT2D eigenvalue weighted by molar-refractivity contribution is 0.661. The highest BCUT2D eigenvalue weighted by molar-refractivity contribution is 6.15. The molecule has 0 fully saturated rings. The van der Waals surface area contributed by atoms with Gasteiger partial charge in [-0.2, -0.15) is 0 Å². The van der Waals surface area contributed by atoms with E-state index in [0.717, 1.165) is 49.8 Å². The summed E-state index contributed by atoms with van der Waals surface area (Å²) in [5.41, 5.74) is 13.1. The van der Waals surface area contributed by atoms with Crippen molar-refractivity contribution in [2.45, 2.75) is 19.3 Å². The van der Waals surface area contributed by atoms with Gasteiger partial charge in [-0.1, -0.05) is 129 Å². The van der Waals surface area contributed by atoms with Crippen LogP contribution in [0.15, 0.2) is 162 Å². The summed E-state index contributed by atoms with van der Waals surface area (Å²) in [6.45, 7) is 4.68. The van der Waals surface area contributed by atoms with Gasteiger partial charge < -0.3 is 8.98 Å². The Kier molecular flexibility index (Phi) is 6.23. The zero-order valence-electron chi connectivity index (χ0n) is 29.2. The highest BCUT2D eigenvalue weighted by Gasteiger charge is 2.37. The fourth-order valence-corrected chi connectivity index (χ4v) is 8.51. The Labute approximate surface area is 305 Å². The maximum atomic E-state index is 6.14. The Morgan fingerprint density at radius 3 is 1.98 bits per heavy atom. The van der Waals surface area contributed by atoms with Crippen molar-refractivity contribution in [2.24, 2.45) is 0 Å². The third-order valence-corrected chi connectivity index (χ3v) is 11.0. The zero-order valence-corrected chi connectivity index (χ0v) is 29.2. The number of nitrogens with zero attached hydrogens (tertiary/aromatic N) is 4. The molecule has 0 atom stereocenters. The second-order valence-electron chi connectivity index (χ2n) is 14.4. The topological polar surface area (TPSA) is 56.7 Å². The molecule has 250 valence electrons. The average Bonchev–Trinajstić information content (AvgIpc) is 3.83. The van der Waals surface area contributed by atoms with Crippen molar-refractivity contribution in [3.8, 4) is 51.0 Å². The van der Waals surface area contributed by atoms with Gasteiger partial charge >= 0.3 is 0 Å². The maximum Gasteiger partial charge on any atom is 0.164 e. The molecule has 0 radical (unpaired) electrons. The number of furan rings is 1. The first kappa shape index (κ1) is 29.8. The van der Waals surface area contributed by atoms with Crippen molar-refractivity contribution in [3.63, 3.8) is 0 Å². The van der Waals surface area contributed by atoms with Gasteiger partial charge in [-0.25, -0.2) is 15.0 Å². The fraction of sp³-hybridized carbons (Fsp3) is 0.0625. The van der Waals surface area contributed by atoms with Crippen LogP contribution in [0.4, 0.5) is 0 Å². The largest absolute Gasteiger partial charge is 0.456 e. The molecule has 0 amide bonds. The molecule has 5 heteroatoms. The van der Waals surface area contributed by atoms with E-state index >= 15 is 0 Å². The molecule has 0 saturated heterocycles. The standard InChI is InChI=1S/C48H32N4O/c1-48(2)38-20-9-6-19-36(38)43-39(48)25-24-35-33-17-7-10-21-40(33)52(44(35)43)32-16-12-15-30(27-32)46-49-45(29-13-4-3-5-14-29)50-47(51-46)31-23-26-42-37(28-31)34-18-8-11-22-41(34)53-42/h3-28H,1-2H3. The number of hydrogen-bond donors (Lipinski definition) is 0. The maximum absolute atomic E-state index is 6.14. The molecule has 0 saturated carbocycles. The van der Waals surface area contributed by atoms with E-state index in [9.17, 15) is 0 Å². The highest BCUT2D eigenvalue weighted by atomic mass is 16.3. The third kappa shape index (κ3) is 4.40. The van der Waals surface area contributed by atoms with Crippen LogP contribution in [0.2, 0.25) is 0 Å². The van der Waals surface area contributed by atoms with Crippen molar-refractivity contribution in [2.75, 3.05) is 0 Å². The minimum atomic E-state index is -0.107. The molecule has 0 spiro atoms. The van der Waals surface area contributed by atoms with Crippen LogP contribution in [0.1, 0.15) is 25.0 Å². The summed E-state index contributed by atoms with van der Waals surface area (Å²) in [4.78, 5) is 15.3. The lowest BCUT2D eigenvalue weighted by atomic mass is 9.82. The molecule has 0 bridgehead atoms. The van der Waals surface area contributed by atoms with Crippen LogP contribution in [0.3, 0.4) is 0 Å². The van der Waals surface area contributed by atoms with E-state index in [1.165, 1.54) is 38.5 Å². The van der Waals surface area contributed by atoms with Crippen LogP contribution in [0.25, 0.3) is 94.7 Å². The van der Waals surface area contributed by atoms with E-state index in [0.29, 0.717) is 17.5 Å². The minimum Gasteiger partial charge on any atom is -0.456 e. The highest BCUT2D eigenvalue weighted by Crippen LogP contribution is 2.52. The summed E-state index contributed by atoms with van der Waals surface area (Å²) in [6, 6.07) is 55.3. The normalized spacial score (nSPS) is 13.2. The zero-order chi connectivity index (χ0) is 35.3. The van der Waals surface area contributed by atoms with Gasteiger partial charge in [0, 0.05) is 54.9 Å². The quantitative estimate of drug-likeness (QED) is 0.186. The summed E-state index contributed by atoms with van der Waals surface area (Å²) in [7, 11) is 0. The Morgan fingerprint density at radius 2 is 1.13 bits per heavy atom. The molecular formula is C48H32N4O. The molecule has 7 aromatic carbocycles. The molecule has 3 aromatic heterocycles. The molecule has 3 heterocycles. The van der Waals surface area contributed by atoms with Crippen LogP contribution >= 0.6 is 0 Å². The van der Waals surface area contributed by atoms with E-state index in [4.69, 9.17) is 19.4 Å². The summed E-state index contributed by atoms with van der Waals surface area (Å²) in [5, 5.41) is 4.58. The van der Waals surface area contributed by atoms with Gasteiger partial charge in [-0.15, -0.1) is 0 Å². The molecule has 10 aromatic rings. The van der Waals surface area contributed by atoms with Gasteiger partial charge in [-0.3, -0.25) is 0 Å². The number of para-hydroxylation sites is 2. The van der Waals surface area contributed by atoms with E-state index in [1.54, 1.807) is 0 Å². The summed E-state index contributed by atoms with van der Waals surface area (Å²) in [5.74, 6) is 1.85. The Hall–Kier alpha value is -6.85. The van der Waals surface area contributed by atoms with Gasteiger partial charge in [0.2, 0.25) is 0 Å². The first-order valence-corrected chi connectivity index (χ1v) is 18.0. The Balaban J connectivity index is 1.14. The fourth-order valence-electron chi connectivity index (χ4n) is 8.51. The van der Waals surface area contributed by atoms with E-state index in [2.05, 4.69) is 115 Å².